The number of aliphatic imine (C=N–C) groups is 1. The highest BCUT2D eigenvalue weighted by Crippen LogP contribution is 2.31. The molecule has 7 heteroatoms. The van der Waals surface area contributed by atoms with E-state index in [4.69, 9.17) is 22.2 Å². The summed E-state index contributed by atoms with van der Waals surface area (Å²) in [5, 5.41) is 6.71. The fourth-order valence-electron chi connectivity index (χ4n) is 4.18. The Morgan fingerprint density at radius 3 is 1.57 bits per heavy atom. The van der Waals surface area contributed by atoms with Gasteiger partial charge in [0.15, 0.2) is 0 Å². The number of benzene rings is 3. The number of anilines is 5. The van der Waals surface area contributed by atoms with Crippen molar-refractivity contribution in [3.8, 4) is 0 Å². The van der Waals surface area contributed by atoms with Crippen LogP contribution in [0.4, 0.5) is 34.1 Å². The maximum atomic E-state index is 13.3. The third-order valence-corrected chi connectivity index (χ3v) is 7.34. The largest absolute Gasteiger partial charge is 0.399 e. The van der Waals surface area contributed by atoms with Crippen LogP contribution in [-0.2, 0) is 4.79 Å². The first-order chi connectivity index (χ1) is 17.5. The van der Waals surface area contributed by atoms with Gasteiger partial charge in [0, 0.05) is 34.5 Å². The van der Waals surface area contributed by atoms with E-state index in [1.165, 1.54) is 0 Å². The highest BCUT2D eigenvalue weighted by atomic mass is 16.1. The quantitative estimate of drug-likeness (QED) is 0.221. The molecule has 0 bridgehead atoms. The van der Waals surface area contributed by atoms with Gasteiger partial charge in [-0.15, -0.1) is 0 Å². The van der Waals surface area contributed by atoms with Gasteiger partial charge in [-0.1, -0.05) is 0 Å². The molecule has 190 valence electrons. The second-order valence-electron chi connectivity index (χ2n) is 9.56. The summed E-state index contributed by atoms with van der Waals surface area (Å²) in [7, 11) is 0. The average Bonchev–Trinajstić information content (AvgIpc) is 2.87. The highest BCUT2D eigenvalue weighted by Gasteiger charge is 2.22. The molecule has 0 saturated heterocycles. The average molecular weight is 495 g/mol. The highest BCUT2D eigenvalue weighted by molar-refractivity contribution is 6.24. The number of hydrogen-bond donors (Lipinski definition) is 5. The lowest BCUT2D eigenvalue weighted by atomic mass is 10.0. The Morgan fingerprint density at radius 2 is 1.03 bits per heavy atom. The minimum absolute atomic E-state index is 0.162. The maximum absolute atomic E-state index is 13.3. The number of nitrogens with one attached hydrogen (secondary N) is 2. The molecule has 0 spiro atoms. The van der Waals surface area contributed by atoms with Crippen LogP contribution in [0.25, 0.3) is 0 Å². The Bertz CT molecular complexity index is 1530. The van der Waals surface area contributed by atoms with Crippen molar-refractivity contribution in [3.05, 3.63) is 93.3 Å². The van der Waals surface area contributed by atoms with Crippen LogP contribution in [0.5, 0.6) is 0 Å². The fraction of sp³-hybridized carbons (Fsp3) is 0.200. The summed E-state index contributed by atoms with van der Waals surface area (Å²) < 4.78 is 0. The van der Waals surface area contributed by atoms with E-state index in [2.05, 4.69) is 10.6 Å². The molecule has 1 aliphatic carbocycles. The van der Waals surface area contributed by atoms with Crippen molar-refractivity contribution in [1.29, 1.82) is 0 Å². The number of nitrogens with two attached hydrogens (primary N) is 3. The molecule has 4 rings (SSSR count). The summed E-state index contributed by atoms with van der Waals surface area (Å²) in [6.45, 7) is 11.9. The standard InChI is InChI=1S/C30H34N6O/c1-15-18(4)24(10-7-21(15)31)34-27-13-29(36-26-12-9-23(33)17(3)20(26)6)30(37)14-28(27)35-25-11-8-22(32)16(2)19(25)5/h7-14,35-36H,31-33H2,1-6H3/b34-27-. The van der Waals surface area contributed by atoms with Gasteiger partial charge in [-0.05, 0) is 117 Å². The predicted molar refractivity (Wildman–Crippen MR) is 156 cm³/mol. The van der Waals surface area contributed by atoms with E-state index in [0.717, 1.165) is 56.1 Å². The van der Waals surface area contributed by atoms with Gasteiger partial charge in [0.25, 0.3) is 0 Å². The van der Waals surface area contributed by atoms with Crippen molar-refractivity contribution in [2.75, 3.05) is 27.8 Å². The van der Waals surface area contributed by atoms with E-state index in [1.54, 1.807) is 12.2 Å². The van der Waals surface area contributed by atoms with Gasteiger partial charge in [-0.2, -0.15) is 0 Å². The molecule has 0 unspecified atom stereocenters. The van der Waals surface area contributed by atoms with E-state index in [9.17, 15) is 4.79 Å². The molecule has 0 radical (unpaired) electrons. The van der Waals surface area contributed by atoms with Crippen LogP contribution in [-0.4, -0.2) is 11.5 Å². The second-order valence-corrected chi connectivity index (χ2v) is 9.56. The summed E-state index contributed by atoms with van der Waals surface area (Å²) in [4.78, 5) is 18.2. The van der Waals surface area contributed by atoms with Gasteiger partial charge in [-0.25, -0.2) is 4.99 Å². The van der Waals surface area contributed by atoms with Crippen LogP contribution in [0.2, 0.25) is 0 Å². The molecule has 3 aromatic rings. The summed E-state index contributed by atoms with van der Waals surface area (Å²) in [6.07, 6.45) is 3.35. The number of hydrogen-bond acceptors (Lipinski definition) is 7. The lowest BCUT2D eigenvalue weighted by Gasteiger charge is -2.21. The van der Waals surface area contributed by atoms with Crippen LogP contribution < -0.4 is 27.8 Å². The predicted octanol–water partition coefficient (Wildman–Crippen LogP) is 5.93. The molecular formula is C30H34N6O. The van der Waals surface area contributed by atoms with Crippen molar-refractivity contribution in [3.63, 3.8) is 0 Å². The van der Waals surface area contributed by atoms with Gasteiger partial charge >= 0.3 is 0 Å². The Kier molecular flexibility index (Phi) is 6.81. The van der Waals surface area contributed by atoms with Crippen molar-refractivity contribution in [2.24, 2.45) is 4.99 Å². The number of ketones is 1. The lowest BCUT2D eigenvalue weighted by molar-refractivity contribution is -0.111. The minimum Gasteiger partial charge on any atom is -0.399 e. The molecule has 0 amide bonds. The Labute approximate surface area is 218 Å². The Morgan fingerprint density at radius 1 is 0.568 bits per heavy atom. The molecule has 0 heterocycles. The molecular weight excluding hydrogens is 460 g/mol. The van der Waals surface area contributed by atoms with Crippen LogP contribution >= 0.6 is 0 Å². The smallest absolute Gasteiger partial charge is 0.204 e. The molecule has 0 atom stereocenters. The molecule has 0 aromatic heterocycles. The van der Waals surface area contributed by atoms with Crippen LogP contribution in [0.15, 0.2) is 64.9 Å². The van der Waals surface area contributed by atoms with Gasteiger partial charge < -0.3 is 27.8 Å². The third-order valence-electron chi connectivity index (χ3n) is 7.34. The summed E-state index contributed by atoms with van der Waals surface area (Å²) in [6, 6.07) is 11.2. The van der Waals surface area contributed by atoms with E-state index in [1.807, 2.05) is 77.9 Å². The Balaban J connectivity index is 1.80. The zero-order valence-electron chi connectivity index (χ0n) is 22.2. The number of allylic oxidation sites excluding steroid dienone is 2. The van der Waals surface area contributed by atoms with E-state index in [0.29, 0.717) is 28.5 Å². The van der Waals surface area contributed by atoms with Crippen molar-refractivity contribution < 1.29 is 4.79 Å². The Hall–Kier alpha value is -4.52. The van der Waals surface area contributed by atoms with Crippen molar-refractivity contribution in [1.82, 2.24) is 0 Å². The van der Waals surface area contributed by atoms with E-state index >= 15 is 0 Å². The molecule has 37 heavy (non-hydrogen) atoms. The van der Waals surface area contributed by atoms with E-state index in [-0.39, 0.29) is 5.78 Å². The number of nitrogens with zero attached hydrogens (tertiary/aromatic N) is 1. The van der Waals surface area contributed by atoms with E-state index < -0.39 is 0 Å². The molecule has 7 nitrogen and oxygen atoms in total. The molecule has 8 N–H and O–H groups in total. The van der Waals surface area contributed by atoms with Crippen LogP contribution in [0.3, 0.4) is 0 Å². The number of nitrogen functional groups attached to an aromatic ring is 3. The topological polar surface area (TPSA) is 132 Å². The van der Waals surface area contributed by atoms with Gasteiger partial charge in [0.1, 0.15) is 0 Å². The summed E-state index contributed by atoms with van der Waals surface area (Å²) >= 11 is 0. The zero-order chi connectivity index (χ0) is 27.0. The molecule has 0 fully saturated rings. The number of rotatable bonds is 5. The second kappa shape index (κ2) is 9.85. The van der Waals surface area contributed by atoms with Crippen LogP contribution in [0, 0.1) is 41.5 Å². The van der Waals surface area contributed by atoms with Gasteiger partial charge in [0.05, 0.1) is 22.8 Å². The lowest BCUT2D eigenvalue weighted by Crippen LogP contribution is -2.22. The minimum atomic E-state index is -0.162. The number of carbonyl (C=O) groups excluding carboxylic acids is 1. The molecule has 3 aromatic carbocycles. The SMILES string of the molecule is Cc1c(N)ccc(/N=C2/C=C(Nc3ccc(N)c(C)c3C)C(=O)C=C2Nc2ccc(N)c(C)c2C)c1C. The first-order valence-corrected chi connectivity index (χ1v) is 12.2. The third kappa shape index (κ3) is 4.93. The fourth-order valence-corrected chi connectivity index (χ4v) is 4.18. The monoisotopic (exact) mass is 494 g/mol. The summed E-state index contributed by atoms with van der Waals surface area (Å²) in [5.74, 6) is -0.162. The van der Waals surface area contributed by atoms with Gasteiger partial charge in [0.2, 0.25) is 5.78 Å². The zero-order valence-corrected chi connectivity index (χ0v) is 22.2. The first-order valence-electron chi connectivity index (χ1n) is 12.2. The molecule has 0 aliphatic heterocycles. The van der Waals surface area contributed by atoms with Crippen molar-refractivity contribution >= 4 is 45.6 Å². The van der Waals surface area contributed by atoms with Crippen LogP contribution in [0.1, 0.15) is 33.4 Å². The maximum Gasteiger partial charge on any atom is 0.204 e. The molecule has 0 saturated carbocycles. The first kappa shape index (κ1) is 25.6. The van der Waals surface area contributed by atoms with Gasteiger partial charge in [-0.3, -0.25) is 4.79 Å². The number of carbonyl (C=O) groups is 1. The summed E-state index contributed by atoms with van der Waals surface area (Å²) in [5.41, 5.74) is 30.4. The molecule has 1 aliphatic rings. The normalized spacial score (nSPS) is 14.4. The van der Waals surface area contributed by atoms with Crippen molar-refractivity contribution in [2.45, 2.75) is 41.5 Å².